The van der Waals surface area contributed by atoms with Crippen molar-refractivity contribution in [1.29, 1.82) is 0 Å². The topological polar surface area (TPSA) is 55.3 Å². The molecule has 0 spiro atoms. The number of benzene rings is 2. The van der Waals surface area contributed by atoms with Gasteiger partial charge in [0.05, 0.1) is 15.2 Å². The van der Waals surface area contributed by atoms with Gasteiger partial charge in [-0.2, -0.15) is 0 Å². The van der Waals surface area contributed by atoms with Gasteiger partial charge in [0.25, 0.3) is 5.91 Å². The molecule has 2 aromatic heterocycles. The van der Waals surface area contributed by atoms with Crippen LogP contribution in [0.2, 0.25) is 5.02 Å². The lowest BCUT2D eigenvalue weighted by Crippen LogP contribution is -2.38. The Morgan fingerprint density at radius 2 is 1.87 bits per heavy atom. The summed E-state index contributed by atoms with van der Waals surface area (Å²) in [6.07, 6.45) is 1.87. The molecule has 3 heterocycles. The minimum absolute atomic E-state index is 0.00302. The third-order valence-electron chi connectivity index (χ3n) is 5.39. The second-order valence-corrected chi connectivity index (χ2v) is 9.90. The molecule has 5 nitrogen and oxygen atoms in total. The molecule has 0 aliphatic carbocycles. The third kappa shape index (κ3) is 4.59. The van der Waals surface area contributed by atoms with Crippen molar-refractivity contribution in [2.45, 2.75) is 25.4 Å². The Hall–Kier alpha value is -2.48. The van der Waals surface area contributed by atoms with E-state index in [9.17, 15) is 4.79 Å². The molecule has 1 aliphatic heterocycles. The first-order valence-corrected chi connectivity index (χ1v) is 12.2. The summed E-state index contributed by atoms with van der Waals surface area (Å²) in [6, 6.07) is 15.5. The van der Waals surface area contributed by atoms with E-state index < -0.39 is 0 Å². The van der Waals surface area contributed by atoms with Crippen molar-refractivity contribution in [1.82, 2.24) is 14.9 Å². The van der Waals surface area contributed by atoms with Gasteiger partial charge in [-0.1, -0.05) is 23.7 Å². The lowest BCUT2D eigenvalue weighted by molar-refractivity contribution is 0.0707. The molecule has 0 atom stereocenters. The van der Waals surface area contributed by atoms with E-state index in [1.807, 2.05) is 34.5 Å². The molecule has 0 bridgehead atoms. The Bertz CT molecular complexity index is 1160. The summed E-state index contributed by atoms with van der Waals surface area (Å²) in [6.45, 7) is 1.79. The van der Waals surface area contributed by atoms with Crippen molar-refractivity contribution in [3.63, 3.8) is 0 Å². The van der Waals surface area contributed by atoms with E-state index in [-0.39, 0.29) is 5.91 Å². The SMILES string of the molecule is O=C(c1csc(COc2ccc(Cl)cc2)n1)N1CCC(c2nc3ccccc3s2)CC1. The zero-order valence-corrected chi connectivity index (χ0v) is 19.1. The Kier molecular flexibility index (Phi) is 5.89. The lowest BCUT2D eigenvalue weighted by atomic mass is 9.97. The molecular formula is C23H20ClN3O2S2. The maximum absolute atomic E-state index is 12.9. The van der Waals surface area contributed by atoms with Crippen molar-refractivity contribution >= 4 is 50.4 Å². The van der Waals surface area contributed by atoms with Gasteiger partial charge < -0.3 is 9.64 Å². The Labute approximate surface area is 193 Å². The quantitative estimate of drug-likeness (QED) is 0.359. The molecule has 1 fully saturated rings. The van der Waals surface area contributed by atoms with E-state index in [4.69, 9.17) is 21.3 Å². The Morgan fingerprint density at radius 1 is 1.10 bits per heavy atom. The molecule has 5 rings (SSSR count). The minimum atomic E-state index is -0.00302. The molecule has 31 heavy (non-hydrogen) atoms. The summed E-state index contributed by atoms with van der Waals surface area (Å²) in [5.74, 6) is 1.14. The average molecular weight is 470 g/mol. The number of piperidine rings is 1. The van der Waals surface area contributed by atoms with E-state index in [1.165, 1.54) is 21.0 Å². The molecular weight excluding hydrogens is 450 g/mol. The van der Waals surface area contributed by atoms with E-state index in [0.29, 0.717) is 23.2 Å². The van der Waals surface area contributed by atoms with Crippen LogP contribution in [0, 0.1) is 0 Å². The number of rotatable bonds is 5. The highest BCUT2D eigenvalue weighted by Crippen LogP contribution is 2.34. The van der Waals surface area contributed by atoms with Crippen molar-refractivity contribution in [3.8, 4) is 5.75 Å². The highest BCUT2D eigenvalue weighted by molar-refractivity contribution is 7.18. The molecule has 8 heteroatoms. The van der Waals surface area contributed by atoms with Gasteiger partial charge in [0, 0.05) is 29.4 Å². The number of thiazole rings is 2. The number of ether oxygens (including phenoxy) is 1. The standard InChI is InChI=1S/C23H20ClN3O2S2/c24-16-5-7-17(8-6-16)29-13-21-25-19(14-30-21)23(28)27-11-9-15(10-12-27)22-26-18-3-1-2-4-20(18)31-22/h1-8,14-15H,9-13H2. The van der Waals surface area contributed by atoms with Crippen molar-refractivity contribution in [2.24, 2.45) is 0 Å². The molecule has 1 amide bonds. The smallest absolute Gasteiger partial charge is 0.273 e. The van der Waals surface area contributed by atoms with Gasteiger partial charge in [-0.15, -0.1) is 22.7 Å². The van der Waals surface area contributed by atoms with Gasteiger partial charge in [-0.3, -0.25) is 4.79 Å². The van der Waals surface area contributed by atoms with Gasteiger partial charge in [-0.25, -0.2) is 9.97 Å². The molecule has 158 valence electrons. The van der Waals surface area contributed by atoms with Gasteiger partial charge in [0.2, 0.25) is 0 Å². The summed E-state index contributed by atoms with van der Waals surface area (Å²) < 4.78 is 6.96. The largest absolute Gasteiger partial charge is 0.486 e. The van der Waals surface area contributed by atoms with Crippen LogP contribution < -0.4 is 4.74 Å². The summed E-state index contributed by atoms with van der Waals surface area (Å²) in [7, 11) is 0. The number of para-hydroxylation sites is 1. The number of halogens is 1. The van der Waals surface area contributed by atoms with Crippen molar-refractivity contribution in [3.05, 3.63) is 74.6 Å². The van der Waals surface area contributed by atoms with Gasteiger partial charge in [0.15, 0.2) is 0 Å². The van der Waals surface area contributed by atoms with E-state index in [0.717, 1.165) is 42.2 Å². The Morgan fingerprint density at radius 3 is 2.65 bits per heavy atom. The minimum Gasteiger partial charge on any atom is -0.486 e. The first-order valence-electron chi connectivity index (χ1n) is 10.1. The number of carbonyl (C=O) groups is 1. The molecule has 0 saturated carbocycles. The van der Waals surface area contributed by atoms with Crippen LogP contribution in [-0.4, -0.2) is 33.9 Å². The molecule has 1 saturated heterocycles. The van der Waals surface area contributed by atoms with Gasteiger partial charge >= 0.3 is 0 Å². The van der Waals surface area contributed by atoms with E-state index >= 15 is 0 Å². The number of amides is 1. The monoisotopic (exact) mass is 469 g/mol. The molecule has 4 aromatic rings. The van der Waals surface area contributed by atoms with Crippen LogP contribution in [-0.2, 0) is 6.61 Å². The zero-order chi connectivity index (χ0) is 21.2. The van der Waals surface area contributed by atoms with Crippen LogP contribution >= 0.6 is 34.3 Å². The van der Waals surface area contributed by atoms with Crippen LogP contribution in [0.3, 0.4) is 0 Å². The summed E-state index contributed by atoms with van der Waals surface area (Å²) in [5.41, 5.74) is 1.56. The van der Waals surface area contributed by atoms with Crippen molar-refractivity contribution < 1.29 is 9.53 Å². The fourth-order valence-corrected chi connectivity index (χ4v) is 5.65. The normalized spacial score (nSPS) is 14.8. The number of hydrogen-bond donors (Lipinski definition) is 0. The number of hydrogen-bond acceptors (Lipinski definition) is 6. The predicted molar refractivity (Wildman–Crippen MR) is 125 cm³/mol. The van der Waals surface area contributed by atoms with E-state index in [2.05, 4.69) is 17.1 Å². The summed E-state index contributed by atoms with van der Waals surface area (Å²) in [5, 5.41) is 4.45. The molecule has 0 radical (unpaired) electrons. The zero-order valence-electron chi connectivity index (χ0n) is 16.7. The summed E-state index contributed by atoms with van der Waals surface area (Å²) >= 11 is 9.11. The average Bonchev–Trinajstić information content (AvgIpc) is 3.45. The highest BCUT2D eigenvalue weighted by atomic mass is 35.5. The van der Waals surface area contributed by atoms with Crippen LogP contribution in [0.25, 0.3) is 10.2 Å². The fourth-order valence-electron chi connectivity index (χ4n) is 3.71. The number of fused-ring (bicyclic) bond motifs is 1. The highest BCUT2D eigenvalue weighted by Gasteiger charge is 2.27. The first kappa shape index (κ1) is 20.4. The summed E-state index contributed by atoms with van der Waals surface area (Å²) in [4.78, 5) is 24.1. The number of aromatic nitrogens is 2. The third-order valence-corrected chi connectivity index (χ3v) is 7.66. The predicted octanol–water partition coefficient (Wildman–Crippen LogP) is 6.01. The van der Waals surface area contributed by atoms with Crippen molar-refractivity contribution in [2.75, 3.05) is 13.1 Å². The first-order chi connectivity index (χ1) is 15.2. The second kappa shape index (κ2) is 8.94. The molecule has 0 N–H and O–H groups in total. The fraction of sp³-hybridized carbons (Fsp3) is 0.261. The molecule has 2 aromatic carbocycles. The molecule has 1 aliphatic rings. The number of likely N-dealkylation sites (tertiary alicyclic amines) is 1. The Balaban J connectivity index is 1.17. The molecule has 0 unspecified atom stereocenters. The van der Waals surface area contributed by atoms with Gasteiger partial charge in [0.1, 0.15) is 23.1 Å². The number of nitrogens with zero attached hydrogens (tertiary/aromatic N) is 3. The number of carbonyl (C=O) groups excluding carboxylic acids is 1. The van der Waals surface area contributed by atoms with Crippen LogP contribution in [0.15, 0.2) is 53.9 Å². The van der Waals surface area contributed by atoms with Crippen LogP contribution in [0.5, 0.6) is 5.75 Å². The van der Waals surface area contributed by atoms with Gasteiger partial charge in [-0.05, 0) is 49.2 Å². The van der Waals surface area contributed by atoms with Crippen LogP contribution in [0.1, 0.15) is 39.3 Å². The maximum atomic E-state index is 12.9. The second-order valence-electron chi connectivity index (χ2n) is 7.46. The lowest BCUT2D eigenvalue weighted by Gasteiger charge is -2.30. The van der Waals surface area contributed by atoms with Crippen LogP contribution in [0.4, 0.5) is 0 Å². The van der Waals surface area contributed by atoms with E-state index in [1.54, 1.807) is 23.5 Å². The maximum Gasteiger partial charge on any atom is 0.273 e.